The van der Waals surface area contributed by atoms with Crippen LogP contribution in [0.4, 0.5) is 23.2 Å². The second kappa shape index (κ2) is 9.88. The molecule has 0 aliphatic heterocycles. The Hall–Kier alpha value is -4.47. The van der Waals surface area contributed by atoms with E-state index in [0.717, 1.165) is 32.4 Å². The van der Waals surface area contributed by atoms with Crippen LogP contribution >= 0.6 is 11.6 Å². The fraction of sp³-hybridized carbons (Fsp3) is 0.200. The molecule has 0 N–H and O–H groups in total. The Balaban J connectivity index is 2.25. The van der Waals surface area contributed by atoms with Crippen molar-refractivity contribution in [3.05, 3.63) is 88.3 Å². The summed E-state index contributed by atoms with van der Waals surface area (Å²) in [7, 11) is 1.89. The van der Waals surface area contributed by atoms with Gasteiger partial charge in [-0.3, -0.25) is 14.9 Å². The standard InChI is InChI=1S/C20H13ClF4N4O8/c1-26-17(31)27(8-15(30)36-2)19(33)28(18(26)32)14-7-10(3-4-13(14)29(34)35)37-16-11(21)5-9(6-12(16)22)20(23,24)25/h3-7H,8H2,1-2H3. The van der Waals surface area contributed by atoms with Crippen LogP contribution < -0.4 is 21.8 Å². The van der Waals surface area contributed by atoms with Crippen molar-refractivity contribution in [2.24, 2.45) is 7.05 Å². The number of aromatic nitrogens is 3. The Kier molecular flexibility index (Phi) is 7.25. The van der Waals surface area contributed by atoms with Crippen LogP contribution in [-0.2, 0) is 29.3 Å². The lowest BCUT2D eigenvalue weighted by Crippen LogP contribution is -2.53. The maximum Gasteiger partial charge on any atom is 0.416 e. The zero-order valence-electron chi connectivity index (χ0n) is 18.5. The number of esters is 1. The molecule has 0 unspecified atom stereocenters. The number of ether oxygens (including phenoxy) is 2. The van der Waals surface area contributed by atoms with Gasteiger partial charge in [0.25, 0.3) is 5.69 Å². The van der Waals surface area contributed by atoms with E-state index >= 15 is 0 Å². The highest BCUT2D eigenvalue weighted by molar-refractivity contribution is 6.32. The molecule has 0 aliphatic rings. The fourth-order valence-electron chi connectivity index (χ4n) is 3.07. The van der Waals surface area contributed by atoms with E-state index in [4.69, 9.17) is 16.3 Å². The van der Waals surface area contributed by atoms with Gasteiger partial charge in [-0.25, -0.2) is 32.5 Å². The molecule has 1 heterocycles. The maximum absolute atomic E-state index is 14.4. The van der Waals surface area contributed by atoms with E-state index < -0.39 is 80.0 Å². The lowest BCUT2D eigenvalue weighted by molar-refractivity contribution is -0.384. The average molecular weight is 549 g/mol. The zero-order chi connectivity index (χ0) is 27.8. The Morgan fingerprint density at radius 2 is 1.76 bits per heavy atom. The van der Waals surface area contributed by atoms with Crippen molar-refractivity contribution in [3.63, 3.8) is 0 Å². The van der Waals surface area contributed by atoms with Gasteiger partial charge in [0, 0.05) is 19.2 Å². The van der Waals surface area contributed by atoms with Crippen LogP contribution in [0.3, 0.4) is 0 Å². The number of nitro benzene ring substituents is 1. The van der Waals surface area contributed by atoms with Crippen LogP contribution in [-0.4, -0.2) is 31.7 Å². The Bertz CT molecular complexity index is 1590. The first-order valence-corrected chi connectivity index (χ1v) is 10.1. The Labute approximate surface area is 206 Å². The largest absolute Gasteiger partial charge is 0.468 e. The molecule has 3 rings (SSSR count). The molecular formula is C20H13ClF4N4O8. The van der Waals surface area contributed by atoms with E-state index in [1.54, 1.807) is 0 Å². The molecule has 17 heteroatoms. The SMILES string of the molecule is COC(=O)Cn1c(=O)n(C)c(=O)n(-c2cc(Oc3c(F)cc(C(F)(F)F)cc3Cl)ccc2[N+](=O)[O-])c1=O. The number of carbonyl (C=O) groups excluding carboxylic acids is 1. The Morgan fingerprint density at radius 3 is 2.30 bits per heavy atom. The van der Waals surface area contributed by atoms with Crippen LogP contribution in [0.5, 0.6) is 11.5 Å². The van der Waals surface area contributed by atoms with Crippen molar-refractivity contribution in [3.8, 4) is 17.2 Å². The van der Waals surface area contributed by atoms with Crippen molar-refractivity contribution in [1.82, 2.24) is 13.7 Å². The fourth-order valence-corrected chi connectivity index (χ4v) is 3.32. The van der Waals surface area contributed by atoms with Crippen molar-refractivity contribution in [2.45, 2.75) is 12.7 Å². The summed E-state index contributed by atoms with van der Waals surface area (Å²) in [6.07, 6.45) is -4.92. The third-order valence-electron chi connectivity index (χ3n) is 4.86. The number of hydrogen-bond donors (Lipinski definition) is 0. The van der Waals surface area contributed by atoms with E-state index in [1.165, 1.54) is 0 Å². The first-order valence-electron chi connectivity index (χ1n) is 9.70. The second-order valence-electron chi connectivity index (χ2n) is 7.18. The van der Waals surface area contributed by atoms with Gasteiger partial charge in [-0.2, -0.15) is 13.2 Å². The summed E-state index contributed by atoms with van der Waals surface area (Å²) in [5.41, 5.74) is -7.07. The molecule has 0 saturated heterocycles. The van der Waals surface area contributed by atoms with E-state index in [9.17, 15) is 46.9 Å². The molecule has 3 aromatic rings. The van der Waals surface area contributed by atoms with Crippen molar-refractivity contribution in [1.29, 1.82) is 0 Å². The number of benzene rings is 2. The molecule has 196 valence electrons. The molecule has 37 heavy (non-hydrogen) atoms. The third kappa shape index (κ3) is 5.23. The molecule has 0 spiro atoms. The first kappa shape index (κ1) is 27.1. The van der Waals surface area contributed by atoms with Gasteiger partial charge >= 0.3 is 29.2 Å². The number of carbonyl (C=O) groups is 1. The number of nitrogens with zero attached hydrogens (tertiary/aromatic N) is 4. The normalized spacial score (nSPS) is 11.3. The van der Waals surface area contributed by atoms with Gasteiger partial charge in [-0.1, -0.05) is 11.6 Å². The molecule has 0 radical (unpaired) electrons. The minimum atomic E-state index is -4.92. The second-order valence-corrected chi connectivity index (χ2v) is 7.59. The van der Waals surface area contributed by atoms with Gasteiger partial charge in [-0.05, 0) is 18.2 Å². The van der Waals surface area contributed by atoms with E-state index in [2.05, 4.69) is 4.74 Å². The van der Waals surface area contributed by atoms with E-state index in [-0.39, 0.29) is 15.2 Å². The summed E-state index contributed by atoms with van der Waals surface area (Å²) in [6, 6.07) is 2.87. The number of alkyl halides is 3. The summed E-state index contributed by atoms with van der Waals surface area (Å²) in [4.78, 5) is 60.3. The lowest BCUT2D eigenvalue weighted by atomic mass is 10.2. The zero-order valence-corrected chi connectivity index (χ0v) is 19.3. The molecule has 1 aromatic heterocycles. The highest BCUT2D eigenvalue weighted by Gasteiger charge is 2.33. The van der Waals surface area contributed by atoms with Crippen LogP contribution in [0.2, 0.25) is 5.02 Å². The van der Waals surface area contributed by atoms with Gasteiger partial charge in [0.2, 0.25) is 0 Å². The minimum Gasteiger partial charge on any atom is -0.468 e. The molecule has 0 saturated carbocycles. The molecule has 0 fully saturated rings. The predicted octanol–water partition coefficient (Wildman–Crippen LogP) is 2.38. The van der Waals surface area contributed by atoms with Gasteiger partial charge in [0.15, 0.2) is 11.6 Å². The molecule has 0 bridgehead atoms. The Morgan fingerprint density at radius 1 is 1.11 bits per heavy atom. The number of halogens is 5. The van der Waals surface area contributed by atoms with Gasteiger partial charge < -0.3 is 9.47 Å². The molecule has 12 nitrogen and oxygen atoms in total. The molecule has 0 aliphatic carbocycles. The summed E-state index contributed by atoms with van der Waals surface area (Å²) in [6.45, 7) is -0.946. The summed E-state index contributed by atoms with van der Waals surface area (Å²) in [5, 5.41) is 10.8. The quantitative estimate of drug-likeness (QED) is 0.198. The highest BCUT2D eigenvalue weighted by Crippen LogP contribution is 2.39. The first-order chi connectivity index (χ1) is 17.2. The monoisotopic (exact) mass is 548 g/mol. The molecule has 0 atom stereocenters. The van der Waals surface area contributed by atoms with E-state index in [0.29, 0.717) is 10.6 Å². The number of rotatable bonds is 6. The number of hydrogen-bond acceptors (Lipinski definition) is 8. The smallest absolute Gasteiger partial charge is 0.416 e. The van der Waals surface area contributed by atoms with Crippen LogP contribution in [0.15, 0.2) is 44.7 Å². The maximum atomic E-state index is 14.4. The molecular weight excluding hydrogens is 536 g/mol. The van der Waals surface area contributed by atoms with Crippen molar-refractivity contribution in [2.75, 3.05) is 7.11 Å². The topological polar surface area (TPSA) is 145 Å². The highest BCUT2D eigenvalue weighted by atomic mass is 35.5. The van der Waals surface area contributed by atoms with Gasteiger partial charge in [-0.15, -0.1) is 0 Å². The lowest BCUT2D eigenvalue weighted by Gasteiger charge is -2.14. The van der Waals surface area contributed by atoms with Gasteiger partial charge in [0.05, 0.1) is 22.6 Å². The summed E-state index contributed by atoms with van der Waals surface area (Å²) >= 11 is 5.74. The predicted molar refractivity (Wildman–Crippen MR) is 117 cm³/mol. The molecule has 0 amide bonds. The third-order valence-corrected chi connectivity index (χ3v) is 5.14. The molecule has 2 aromatic carbocycles. The summed E-state index contributed by atoms with van der Waals surface area (Å²) < 4.78 is 63.5. The van der Waals surface area contributed by atoms with E-state index in [1.807, 2.05) is 0 Å². The van der Waals surface area contributed by atoms with Gasteiger partial charge in [0.1, 0.15) is 18.0 Å². The van der Waals surface area contributed by atoms with Crippen molar-refractivity contribution >= 4 is 23.3 Å². The van der Waals surface area contributed by atoms with Crippen LogP contribution in [0, 0.1) is 15.9 Å². The summed E-state index contributed by atoms with van der Waals surface area (Å²) in [5.74, 6) is -3.95. The van der Waals surface area contributed by atoms with Crippen molar-refractivity contribution < 1.29 is 36.8 Å². The number of nitro groups is 1. The number of methoxy groups -OCH3 is 1. The van der Waals surface area contributed by atoms with Crippen LogP contribution in [0.25, 0.3) is 5.69 Å². The van der Waals surface area contributed by atoms with Crippen LogP contribution in [0.1, 0.15) is 5.56 Å². The minimum absolute atomic E-state index is 0.108. The average Bonchev–Trinajstić information content (AvgIpc) is 2.82.